The lowest BCUT2D eigenvalue weighted by Gasteiger charge is -2.35. The molecule has 9 nitrogen and oxygen atoms in total. The summed E-state index contributed by atoms with van der Waals surface area (Å²) in [6.45, 7) is 3.50. The van der Waals surface area contributed by atoms with Crippen LogP contribution < -0.4 is 10.1 Å². The Bertz CT molecular complexity index is 1430. The van der Waals surface area contributed by atoms with Gasteiger partial charge in [-0.05, 0) is 44.6 Å². The number of hydrogen-bond donors (Lipinski definition) is 2. The fourth-order valence-corrected chi connectivity index (χ4v) is 6.66. The molecule has 4 aromatic rings. The van der Waals surface area contributed by atoms with Crippen LogP contribution in [0.15, 0.2) is 18.6 Å². The quantitative estimate of drug-likeness (QED) is 0.346. The Morgan fingerprint density at radius 2 is 2.00 bits per heavy atom. The highest BCUT2D eigenvalue weighted by Crippen LogP contribution is 2.43. The van der Waals surface area contributed by atoms with Crippen molar-refractivity contribution < 1.29 is 22.6 Å². The van der Waals surface area contributed by atoms with Gasteiger partial charge >= 0.3 is 6.18 Å². The van der Waals surface area contributed by atoms with Crippen molar-refractivity contribution in [1.29, 1.82) is 0 Å². The van der Waals surface area contributed by atoms with E-state index in [2.05, 4.69) is 25.6 Å². The van der Waals surface area contributed by atoms with Gasteiger partial charge in [0.2, 0.25) is 0 Å². The number of alkyl halides is 3. The molecule has 0 atom stereocenters. The third kappa shape index (κ3) is 4.90. The summed E-state index contributed by atoms with van der Waals surface area (Å²) in [5, 5.41) is 15.5. The van der Waals surface area contributed by atoms with Gasteiger partial charge in [0.15, 0.2) is 11.4 Å². The minimum absolute atomic E-state index is 0.0509. The highest BCUT2D eigenvalue weighted by Gasteiger charge is 2.34. The first-order valence-corrected chi connectivity index (χ1v) is 13.4. The van der Waals surface area contributed by atoms with Crippen molar-refractivity contribution in [3.05, 3.63) is 34.7 Å². The lowest BCUT2D eigenvalue weighted by Crippen LogP contribution is -2.51. The number of ether oxygens (including phenoxy) is 2. The molecule has 1 aliphatic heterocycles. The monoisotopic (exact) mass is 547 g/mol. The summed E-state index contributed by atoms with van der Waals surface area (Å²) in [6, 6.07) is 2.58. The van der Waals surface area contributed by atoms with E-state index in [4.69, 9.17) is 14.5 Å². The van der Waals surface area contributed by atoms with Crippen molar-refractivity contribution in [2.24, 2.45) is 0 Å². The zero-order valence-electron chi connectivity index (χ0n) is 21.0. The molecule has 4 aromatic heterocycles. The Hall–Kier alpha value is -3.03. The van der Waals surface area contributed by atoms with E-state index in [0.29, 0.717) is 40.0 Å². The van der Waals surface area contributed by atoms with Crippen LogP contribution in [0.2, 0.25) is 0 Å². The zero-order chi connectivity index (χ0) is 26.4. The molecule has 2 fully saturated rings. The van der Waals surface area contributed by atoms with E-state index in [-0.39, 0.29) is 17.0 Å². The fraction of sp³-hybridized carbons (Fsp3) is 0.520. The van der Waals surface area contributed by atoms with E-state index >= 15 is 0 Å². The second kappa shape index (κ2) is 9.93. The number of fused-ring (bicyclic) bond motifs is 1. The maximum absolute atomic E-state index is 13.8. The second-order valence-corrected chi connectivity index (χ2v) is 11.0. The van der Waals surface area contributed by atoms with E-state index in [1.54, 1.807) is 12.3 Å². The van der Waals surface area contributed by atoms with Crippen molar-refractivity contribution in [1.82, 2.24) is 35.1 Å². The Morgan fingerprint density at radius 3 is 2.68 bits per heavy atom. The number of pyridine rings is 1. The number of halogens is 3. The van der Waals surface area contributed by atoms with Crippen molar-refractivity contribution in [3.8, 4) is 27.7 Å². The number of hydrogen-bond acceptors (Lipinski definition) is 8. The molecule has 1 aliphatic carbocycles. The standard InChI is InChI=1S/C25H28F3N7O2S/c1-13-22(14-3-5-16(6-4-14)32-17-10-37-11-17)38-24(31-13)21-18(8-25(26,27)28)20(33-34-21)15-7-19(36-2)23-29-12-30-35(23)9-15/h7,9,12,14,16-17,32H,3-6,8,10-11H2,1-2H3,(H,33,34). The van der Waals surface area contributed by atoms with Crippen molar-refractivity contribution in [2.75, 3.05) is 20.3 Å². The van der Waals surface area contributed by atoms with E-state index in [1.165, 1.54) is 29.3 Å². The number of nitrogens with zero attached hydrogens (tertiary/aromatic N) is 5. The van der Waals surface area contributed by atoms with Crippen LogP contribution in [0.5, 0.6) is 5.75 Å². The molecule has 5 heterocycles. The summed E-state index contributed by atoms with van der Waals surface area (Å²) in [7, 11) is 1.48. The Morgan fingerprint density at radius 1 is 1.21 bits per heavy atom. The SMILES string of the molecule is COc1cc(-c2[nH]nc(-c3nc(C)c(C4CCC(NC5COC5)CC4)s3)c2CC(F)(F)F)cn2ncnc12. The average molecular weight is 548 g/mol. The van der Waals surface area contributed by atoms with Gasteiger partial charge in [0.05, 0.1) is 44.2 Å². The fourth-order valence-electron chi connectivity index (χ4n) is 5.41. The highest BCUT2D eigenvalue weighted by atomic mass is 32.1. The first-order chi connectivity index (χ1) is 18.3. The highest BCUT2D eigenvalue weighted by molar-refractivity contribution is 7.15. The van der Waals surface area contributed by atoms with Gasteiger partial charge in [-0.1, -0.05) is 0 Å². The molecule has 6 rings (SSSR count). The smallest absolute Gasteiger partial charge is 0.393 e. The molecular formula is C25H28F3N7O2S. The zero-order valence-corrected chi connectivity index (χ0v) is 21.8. The molecule has 0 unspecified atom stereocenters. The number of rotatable bonds is 7. The lowest BCUT2D eigenvalue weighted by atomic mass is 9.84. The Kier molecular flexibility index (Phi) is 6.60. The van der Waals surface area contributed by atoms with Gasteiger partial charge in [-0.2, -0.15) is 23.4 Å². The molecule has 202 valence electrons. The van der Waals surface area contributed by atoms with Crippen LogP contribution in [-0.4, -0.2) is 68.4 Å². The van der Waals surface area contributed by atoms with Crippen LogP contribution in [0.25, 0.3) is 27.6 Å². The predicted octanol–water partition coefficient (Wildman–Crippen LogP) is 4.68. The van der Waals surface area contributed by atoms with Crippen LogP contribution >= 0.6 is 11.3 Å². The Labute approximate surface area is 220 Å². The third-order valence-corrected chi connectivity index (χ3v) is 8.66. The minimum atomic E-state index is -4.43. The van der Waals surface area contributed by atoms with Gasteiger partial charge in [-0.3, -0.25) is 5.10 Å². The van der Waals surface area contributed by atoms with E-state index in [9.17, 15) is 13.2 Å². The van der Waals surface area contributed by atoms with Crippen molar-refractivity contribution >= 4 is 17.0 Å². The number of methoxy groups -OCH3 is 1. The maximum atomic E-state index is 13.8. The molecule has 2 N–H and O–H groups in total. The molecule has 13 heteroatoms. The molecule has 1 saturated carbocycles. The molecule has 2 aliphatic rings. The average Bonchev–Trinajstić information content (AvgIpc) is 3.58. The molecule has 0 bridgehead atoms. The molecule has 0 spiro atoms. The van der Waals surface area contributed by atoms with Gasteiger partial charge in [-0.25, -0.2) is 14.5 Å². The van der Waals surface area contributed by atoms with Gasteiger partial charge in [0, 0.05) is 28.2 Å². The number of aromatic amines is 1. The summed E-state index contributed by atoms with van der Waals surface area (Å²) in [6.07, 6.45) is 1.57. The molecular weight excluding hydrogens is 519 g/mol. The number of nitrogens with one attached hydrogen (secondary N) is 2. The van der Waals surface area contributed by atoms with Crippen molar-refractivity contribution in [3.63, 3.8) is 0 Å². The first kappa shape index (κ1) is 25.3. The van der Waals surface area contributed by atoms with Gasteiger partial charge < -0.3 is 14.8 Å². The summed E-state index contributed by atoms with van der Waals surface area (Å²) >= 11 is 1.46. The topological polar surface area (TPSA) is 102 Å². The predicted molar refractivity (Wildman–Crippen MR) is 135 cm³/mol. The molecule has 38 heavy (non-hydrogen) atoms. The third-order valence-electron chi connectivity index (χ3n) is 7.34. The normalized spacial score (nSPS) is 20.7. The maximum Gasteiger partial charge on any atom is 0.393 e. The Balaban J connectivity index is 1.31. The first-order valence-electron chi connectivity index (χ1n) is 12.6. The van der Waals surface area contributed by atoms with E-state index < -0.39 is 12.6 Å². The van der Waals surface area contributed by atoms with Gasteiger partial charge in [-0.15, -0.1) is 11.3 Å². The van der Waals surface area contributed by atoms with Crippen LogP contribution in [0.4, 0.5) is 13.2 Å². The van der Waals surface area contributed by atoms with Crippen LogP contribution in [-0.2, 0) is 11.2 Å². The lowest BCUT2D eigenvalue weighted by molar-refractivity contribution is -0.127. The largest absolute Gasteiger partial charge is 0.493 e. The van der Waals surface area contributed by atoms with E-state index in [0.717, 1.165) is 49.5 Å². The van der Waals surface area contributed by atoms with Crippen LogP contribution in [0, 0.1) is 6.92 Å². The van der Waals surface area contributed by atoms with E-state index in [1.807, 2.05) is 6.92 Å². The van der Waals surface area contributed by atoms with Gasteiger partial charge in [0.25, 0.3) is 0 Å². The van der Waals surface area contributed by atoms with Gasteiger partial charge in [0.1, 0.15) is 17.0 Å². The molecule has 0 amide bonds. The number of thiazole rings is 1. The summed E-state index contributed by atoms with van der Waals surface area (Å²) in [4.78, 5) is 9.99. The summed E-state index contributed by atoms with van der Waals surface area (Å²) in [5.41, 5.74) is 2.34. The van der Waals surface area contributed by atoms with Crippen molar-refractivity contribution in [2.45, 2.75) is 63.2 Å². The summed E-state index contributed by atoms with van der Waals surface area (Å²) < 4.78 is 53.4. The molecule has 0 aromatic carbocycles. The van der Waals surface area contributed by atoms with Crippen LogP contribution in [0.1, 0.15) is 47.7 Å². The minimum Gasteiger partial charge on any atom is -0.493 e. The molecule has 0 radical (unpaired) electrons. The summed E-state index contributed by atoms with van der Waals surface area (Å²) in [5.74, 6) is 0.747. The van der Waals surface area contributed by atoms with Crippen LogP contribution in [0.3, 0.4) is 0 Å². The molecule has 1 saturated heterocycles. The number of H-pyrrole nitrogens is 1. The number of aromatic nitrogens is 6. The number of aryl methyl sites for hydroxylation is 1. The second-order valence-electron chi connectivity index (χ2n) is 9.96.